The van der Waals surface area contributed by atoms with Crippen LogP contribution in [-0.4, -0.2) is 22.4 Å². The quantitative estimate of drug-likeness (QED) is 0.669. The fourth-order valence-electron chi connectivity index (χ4n) is 2.84. The Morgan fingerprint density at radius 3 is 2.59 bits per heavy atom. The second-order valence-corrected chi connectivity index (χ2v) is 6.21. The molecule has 0 saturated carbocycles. The van der Waals surface area contributed by atoms with Gasteiger partial charge in [0, 0.05) is 36.7 Å². The molecule has 0 bridgehead atoms. The average molecular weight is 361 g/mol. The molecule has 0 radical (unpaired) electrons. The lowest BCUT2D eigenvalue weighted by Gasteiger charge is -2.22. The van der Waals surface area contributed by atoms with Crippen LogP contribution in [0.2, 0.25) is 0 Å². The van der Waals surface area contributed by atoms with Gasteiger partial charge in [0.1, 0.15) is 5.82 Å². The maximum Gasteiger partial charge on any atom is 0.229 e. The molecule has 6 heteroatoms. The summed E-state index contributed by atoms with van der Waals surface area (Å²) < 4.78 is 0. The van der Waals surface area contributed by atoms with Crippen molar-refractivity contribution in [2.75, 3.05) is 22.1 Å². The van der Waals surface area contributed by atoms with Gasteiger partial charge in [-0.1, -0.05) is 18.2 Å². The van der Waals surface area contributed by atoms with Gasteiger partial charge < -0.3 is 15.5 Å². The lowest BCUT2D eigenvalue weighted by atomic mass is 10.2. The van der Waals surface area contributed by atoms with E-state index < -0.39 is 0 Å². The van der Waals surface area contributed by atoms with Crippen LogP contribution < -0.4 is 15.5 Å². The number of benzene rings is 2. The maximum atomic E-state index is 11.2. The molecule has 0 aliphatic rings. The van der Waals surface area contributed by atoms with E-state index in [1.165, 1.54) is 12.5 Å². The van der Waals surface area contributed by atoms with Gasteiger partial charge in [0.25, 0.3) is 0 Å². The third kappa shape index (κ3) is 4.82. The summed E-state index contributed by atoms with van der Waals surface area (Å²) in [6, 6.07) is 17.7. The summed E-state index contributed by atoms with van der Waals surface area (Å²) >= 11 is 0. The van der Waals surface area contributed by atoms with Crippen molar-refractivity contribution >= 4 is 34.7 Å². The van der Waals surface area contributed by atoms with Gasteiger partial charge in [-0.2, -0.15) is 4.98 Å². The minimum Gasteiger partial charge on any atom is -0.326 e. The van der Waals surface area contributed by atoms with E-state index in [9.17, 15) is 4.79 Å². The van der Waals surface area contributed by atoms with E-state index in [0.29, 0.717) is 5.95 Å². The standard InChI is InChI=1S/C21H23N5O/c1-4-26(19-10-5-7-15(2)13-19)20-11-12-22-21(25-20)24-18-9-6-8-17(14-18)23-16(3)27/h5-14H,4H2,1-3H3,(H,23,27)(H,22,24,25). The Balaban J connectivity index is 1.84. The minimum atomic E-state index is -0.109. The van der Waals surface area contributed by atoms with Gasteiger partial charge in [-0.05, 0) is 55.8 Å². The Hall–Kier alpha value is -3.41. The van der Waals surface area contributed by atoms with Crippen molar-refractivity contribution in [3.05, 3.63) is 66.4 Å². The molecule has 2 aromatic carbocycles. The number of amides is 1. The molecule has 1 aromatic heterocycles. The molecule has 0 saturated heterocycles. The zero-order chi connectivity index (χ0) is 19.2. The molecule has 138 valence electrons. The van der Waals surface area contributed by atoms with E-state index in [1.807, 2.05) is 36.4 Å². The van der Waals surface area contributed by atoms with Crippen LogP contribution in [0, 0.1) is 6.92 Å². The van der Waals surface area contributed by atoms with E-state index in [1.54, 1.807) is 6.20 Å². The summed E-state index contributed by atoms with van der Waals surface area (Å²) in [6.45, 7) is 6.44. The predicted molar refractivity (Wildman–Crippen MR) is 110 cm³/mol. The zero-order valence-electron chi connectivity index (χ0n) is 15.7. The number of carbonyl (C=O) groups is 1. The number of anilines is 5. The zero-order valence-corrected chi connectivity index (χ0v) is 15.7. The average Bonchev–Trinajstić information content (AvgIpc) is 2.62. The molecule has 0 spiro atoms. The van der Waals surface area contributed by atoms with Crippen molar-refractivity contribution < 1.29 is 4.79 Å². The Morgan fingerprint density at radius 2 is 1.85 bits per heavy atom. The van der Waals surface area contributed by atoms with E-state index >= 15 is 0 Å². The first kappa shape index (κ1) is 18.4. The number of rotatable bonds is 6. The summed E-state index contributed by atoms with van der Waals surface area (Å²) in [5.41, 5.74) is 3.82. The molecular weight excluding hydrogens is 338 g/mol. The SMILES string of the molecule is CCN(c1cccc(C)c1)c1ccnc(Nc2cccc(NC(C)=O)c2)n1. The number of nitrogens with zero attached hydrogens (tertiary/aromatic N) is 3. The highest BCUT2D eigenvalue weighted by Crippen LogP contribution is 2.25. The van der Waals surface area contributed by atoms with Crippen LogP contribution in [0.25, 0.3) is 0 Å². The number of aryl methyl sites for hydroxylation is 1. The summed E-state index contributed by atoms with van der Waals surface area (Å²) in [7, 11) is 0. The normalized spacial score (nSPS) is 10.3. The molecule has 0 aliphatic heterocycles. The van der Waals surface area contributed by atoms with Gasteiger partial charge >= 0.3 is 0 Å². The third-order valence-electron chi connectivity index (χ3n) is 3.99. The first-order chi connectivity index (χ1) is 13.0. The van der Waals surface area contributed by atoms with E-state index in [-0.39, 0.29) is 5.91 Å². The highest BCUT2D eigenvalue weighted by atomic mass is 16.1. The molecular formula is C21H23N5O. The van der Waals surface area contributed by atoms with E-state index in [4.69, 9.17) is 0 Å². The Labute approximate surface area is 159 Å². The Morgan fingerprint density at radius 1 is 1.07 bits per heavy atom. The molecule has 3 rings (SSSR count). The third-order valence-corrected chi connectivity index (χ3v) is 3.99. The van der Waals surface area contributed by atoms with Gasteiger partial charge in [-0.25, -0.2) is 4.98 Å². The molecule has 0 fully saturated rings. The second kappa shape index (κ2) is 8.31. The van der Waals surface area contributed by atoms with Gasteiger partial charge in [-0.3, -0.25) is 4.79 Å². The molecule has 1 amide bonds. The fraction of sp³-hybridized carbons (Fsp3) is 0.190. The van der Waals surface area contributed by atoms with Gasteiger partial charge in [-0.15, -0.1) is 0 Å². The molecule has 2 N–H and O–H groups in total. The van der Waals surface area contributed by atoms with Crippen LogP contribution in [-0.2, 0) is 4.79 Å². The summed E-state index contributed by atoms with van der Waals surface area (Å²) in [6.07, 6.45) is 1.74. The predicted octanol–water partition coefficient (Wildman–Crippen LogP) is 4.65. The van der Waals surface area contributed by atoms with Crippen molar-refractivity contribution in [2.24, 2.45) is 0 Å². The van der Waals surface area contributed by atoms with Gasteiger partial charge in [0.05, 0.1) is 0 Å². The molecule has 1 heterocycles. The summed E-state index contributed by atoms with van der Waals surface area (Å²) in [5, 5.41) is 5.97. The van der Waals surface area contributed by atoms with Crippen LogP contribution in [0.1, 0.15) is 19.4 Å². The van der Waals surface area contributed by atoms with Crippen molar-refractivity contribution in [3.8, 4) is 0 Å². The monoisotopic (exact) mass is 361 g/mol. The molecule has 0 aliphatic carbocycles. The van der Waals surface area contributed by atoms with Crippen molar-refractivity contribution in [3.63, 3.8) is 0 Å². The number of aromatic nitrogens is 2. The fourth-order valence-corrected chi connectivity index (χ4v) is 2.84. The van der Waals surface area contributed by atoms with Crippen molar-refractivity contribution in [2.45, 2.75) is 20.8 Å². The molecule has 6 nitrogen and oxygen atoms in total. The number of nitrogens with one attached hydrogen (secondary N) is 2. The van der Waals surface area contributed by atoms with E-state index in [0.717, 1.165) is 29.4 Å². The molecule has 3 aromatic rings. The Kier molecular flexibility index (Phi) is 5.66. The van der Waals surface area contributed by atoms with Gasteiger partial charge in [0.15, 0.2) is 0 Å². The largest absolute Gasteiger partial charge is 0.326 e. The molecule has 0 unspecified atom stereocenters. The first-order valence-corrected chi connectivity index (χ1v) is 8.87. The van der Waals surface area contributed by atoms with Crippen molar-refractivity contribution in [1.29, 1.82) is 0 Å². The smallest absolute Gasteiger partial charge is 0.229 e. The van der Waals surface area contributed by atoms with Crippen molar-refractivity contribution in [1.82, 2.24) is 9.97 Å². The van der Waals surface area contributed by atoms with Crippen LogP contribution in [0.15, 0.2) is 60.8 Å². The summed E-state index contributed by atoms with van der Waals surface area (Å²) in [5.74, 6) is 1.21. The Bertz CT molecular complexity index is 941. The minimum absolute atomic E-state index is 0.109. The molecule has 27 heavy (non-hydrogen) atoms. The number of hydrogen-bond acceptors (Lipinski definition) is 5. The highest BCUT2D eigenvalue weighted by Gasteiger charge is 2.10. The lowest BCUT2D eigenvalue weighted by Crippen LogP contribution is -2.18. The number of carbonyl (C=O) groups excluding carboxylic acids is 1. The lowest BCUT2D eigenvalue weighted by molar-refractivity contribution is -0.114. The van der Waals surface area contributed by atoms with Crippen LogP contribution >= 0.6 is 0 Å². The van der Waals surface area contributed by atoms with E-state index in [2.05, 4.69) is 57.5 Å². The second-order valence-electron chi connectivity index (χ2n) is 6.21. The first-order valence-electron chi connectivity index (χ1n) is 8.87. The highest BCUT2D eigenvalue weighted by molar-refractivity contribution is 5.89. The van der Waals surface area contributed by atoms with Crippen LogP contribution in [0.5, 0.6) is 0 Å². The van der Waals surface area contributed by atoms with Crippen LogP contribution in [0.4, 0.5) is 28.8 Å². The molecule has 0 atom stereocenters. The number of hydrogen-bond donors (Lipinski definition) is 2. The summed E-state index contributed by atoms with van der Waals surface area (Å²) in [4.78, 5) is 22.3. The maximum absolute atomic E-state index is 11.2. The van der Waals surface area contributed by atoms with Gasteiger partial charge in [0.2, 0.25) is 11.9 Å². The topological polar surface area (TPSA) is 70.2 Å². The van der Waals surface area contributed by atoms with Crippen LogP contribution in [0.3, 0.4) is 0 Å².